The lowest BCUT2D eigenvalue weighted by atomic mass is 10.3. The highest BCUT2D eigenvalue weighted by atomic mass is 35.5. The Hall–Kier alpha value is -1.85. The lowest BCUT2D eigenvalue weighted by Crippen LogP contribution is -2.14. The number of hydrogen-bond donors (Lipinski definition) is 2. The van der Waals surface area contributed by atoms with E-state index in [9.17, 15) is 4.79 Å². The van der Waals surface area contributed by atoms with E-state index in [1.165, 1.54) is 11.8 Å². The van der Waals surface area contributed by atoms with E-state index >= 15 is 0 Å². The summed E-state index contributed by atoms with van der Waals surface area (Å²) < 4.78 is 5.14. The van der Waals surface area contributed by atoms with Crippen molar-refractivity contribution in [3.8, 4) is 5.75 Å². The van der Waals surface area contributed by atoms with E-state index in [4.69, 9.17) is 22.1 Å². The number of nitrogens with one attached hydrogen (secondary N) is 1. The van der Waals surface area contributed by atoms with Crippen LogP contribution >= 0.6 is 23.4 Å². The third-order valence-electron chi connectivity index (χ3n) is 2.68. The summed E-state index contributed by atoms with van der Waals surface area (Å²) in [4.78, 5) is 12.9. The number of rotatable bonds is 5. The Morgan fingerprint density at radius 2 is 2.14 bits per heavy atom. The lowest BCUT2D eigenvalue weighted by Gasteiger charge is -2.08. The van der Waals surface area contributed by atoms with Crippen LogP contribution in [0.1, 0.15) is 0 Å². The van der Waals surface area contributed by atoms with Gasteiger partial charge in [-0.15, -0.1) is 11.8 Å². The number of methoxy groups -OCH3 is 1. The summed E-state index contributed by atoms with van der Waals surface area (Å²) in [7, 11) is 1.61. The van der Waals surface area contributed by atoms with Crippen LogP contribution in [-0.2, 0) is 4.79 Å². The molecule has 6 heteroatoms. The first-order valence-electron chi connectivity index (χ1n) is 6.20. The minimum Gasteiger partial charge on any atom is -0.497 e. The third-order valence-corrected chi connectivity index (χ3v) is 4.00. The number of carbonyl (C=O) groups is 1. The highest BCUT2D eigenvalue weighted by Crippen LogP contribution is 2.26. The average Bonchev–Trinajstić information content (AvgIpc) is 2.49. The van der Waals surface area contributed by atoms with Crippen LogP contribution in [0.2, 0.25) is 5.02 Å². The topological polar surface area (TPSA) is 64.3 Å². The van der Waals surface area contributed by atoms with Gasteiger partial charge >= 0.3 is 0 Å². The van der Waals surface area contributed by atoms with Gasteiger partial charge in [-0.1, -0.05) is 17.7 Å². The molecule has 0 aliphatic heterocycles. The molecule has 0 aromatic heterocycles. The Morgan fingerprint density at radius 3 is 2.90 bits per heavy atom. The fourth-order valence-electron chi connectivity index (χ4n) is 1.66. The van der Waals surface area contributed by atoms with Gasteiger partial charge in [0.1, 0.15) is 5.75 Å². The molecule has 0 aliphatic carbocycles. The van der Waals surface area contributed by atoms with Gasteiger partial charge in [-0.05, 0) is 36.4 Å². The predicted molar refractivity (Wildman–Crippen MR) is 88.2 cm³/mol. The zero-order valence-electron chi connectivity index (χ0n) is 11.4. The van der Waals surface area contributed by atoms with Gasteiger partial charge in [0.15, 0.2) is 0 Å². The largest absolute Gasteiger partial charge is 0.497 e. The lowest BCUT2D eigenvalue weighted by molar-refractivity contribution is -0.113. The number of hydrogen-bond acceptors (Lipinski definition) is 4. The number of ether oxygens (including phenoxy) is 1. The average molecular weight is 323 g/mol. The molecule has 2 aromatic carbocycles. The smallest absolute Gasteiger partial charge is 0.234 e. The quantitative estimate of drug-likeness (QED) is 0.651. The number of carbonyl (C=O) groups excluding carboxylic acids is 1. The minimum absolute atomic E-state index is 0.143. The van der Waals surface area contributed by atoms with Gasteiger partial charge in [0.05, 0.1) is 23.6 Å². The summed E-state index contributed by atoms with van der Waals surface area (Å²) in [5.41, 5.74) is 6.74. The van der Waals surface area contributed by atoms with Crippen LogP contribution in [0.3, 0.4) is 0 Å². The Balaban J connectivity index is 1.94. The zero-order chi connectivity index (χ0) is 15.2. The van der Waals surface area contributed by atoms with Crippen molar-refractivity contribution >= 4 is 40.6 Å². The van der Waals surface area contributed by atoms with Gasteiger partial charge in [0, 0.05) is 10.6 Å². The molecule has 0 bridgehead atoms. The van der Waals surface area contributed by atoms with Gasteiger partial charge in [0.25, 0.3) is 0 Å². The molecule has 21 heavy (non-hydrogen) atoms. The first kappa shape index (κ1) is 15.5. The molecule has 0 aliphatic rings. The number of thioether (sulfide) groups is 1. The minimum atomic E-state index is -0.143. The molecule has 110 valence electrons. The highest BCUT2D eigenvalue weighted by Gasteiger charge is 2.07. The molecule has 0 saturated heterocycles. The molecule has 0 saturated carbocycles. The van der Waals surface area contributed by atoms with Crippen molar-refractivity contribution in [1.82, 2.24) is 0 Å². The molecular weight excluding hydrogens is 308 g/mol. The van der Waals surface area contributed by atoms with Crippen LogP contribution in [-0.4, -0.2) is 18.8 Å². The molecule has 0 atom stereocenters. The highest BCUT2D eigenvalue weighted by molar-refractivity contribution is 8.00. The maximum absolute atomic E-state index is 11.9. The molecule has 2 aromatic rings. The summed E-state index contributed by atoms with van der Waals surface area (Å²) in [6.45, 7) is 0. The number of halogens is 1. The molecule has 0 spiro atoms. The number of anilines is 2. The van der Waals surface area contributed by atoms with Crippen molar-refractivity contribution in [2.45, 2.75) is 4.90 Å². The Bertz CT molecular complexity index is 649. The Morgan fingerprint density at radius 1 is 1.33 bits per heavy atom. The summed E-state index contributed by atoms with van der Waals surface area (Å²) >= 11 is 7.42. The van der Waals surface area contributed by atoms with E-state index in [2.05, 4.69) is 5.32 Å². The molecule has 0 fully saturated rings. The summed E-state index contributed by atoms with van der Waals surface area (Å²) in [6, 6.07) is 12.5. The van der Waals surface area contributed by atoms with Crippen molar-refractivity contribution < 1.29 is 9.53 Å². The van der Waals surface area contributed by atoms with Gasteiger partial charge < -0.3 is 15.8 Å². The molecule has 3 N–H and O–H groups in total. The van der Waals surface area contributed by atoms with Crippen molar-refractivity contribution in [3.05, 3.63) is 47.5 Å². The number of nitrogens with two attached hydrogens (primary N) is 1. The van der Waals surface area contributed by atoms with Gasteiger partial charge in [-0.2, -0.15) is 0 Å². The number of amides is 1. The van der Waals surface area contributed by atoms with E-state index in [0.29, 0.717) is 16.4 Å². The first-order valence-corrected chi connectivity index (χ1v) is 7.56. The Kier molecular flexibility index (Phi) is 5.36. The number of benzene rings is 2. The molecule has 0 radical (unpaired) electrons. The van der Waals surface area contributed by atoms with Crippen LogP contribution in [0.5, 0.6) is 5.75 Å². The van der Waals surface area contributed by atoms with E-state index in [1.54, 1.807) is 25.3 Å². The predicted octanol–water partition coefficient (Wildman–Crippen LogP) is 3.66. The summed E-state index contributed by atoms with van der Waals surface area (Å²) in [5, 5.41) is 3.21. The fourth-order valence-corrected chi connectivity index (χ4v) is 2.57. The molecule has 2 rings (SSSR count). The van der Waals surface area contributed by atoms with Gasteiger partial charge in [-0.25, -0.2) is 0 Å². The van der Waals surface area contributed by atoms with E-state index in [0.717, 1.165) is 10.6 Å². The van der Waals surface area contributed by atoms with Crippen LogP contribution in [0.4, 0.5) is 11.4 Å². The van der Waals surface area contributed by atoms with Crippen LogP contribution in [0, 0.1) is 0 Å². The van der Waals surface area contributed by atoms with Gasteiger partial charge in [0.2, 0.25) is 5.91 Å². The van der Waals surface area contributed by atoms with E-state index in [-0.39, 0.29) is 11.7 Å². The first-order chi connectivity index (χ1) is 10.1. The molecule has 0 heterocycles. The summed E-state index contributed by atoms with van der Waals surface area (Å²) in [5.74, 6) is 0.896. The van der Waals surface area contributed by atoms with Crippen molar-refractivity contribution in [2.24, 2.45) is 0 Å². The zero-order valence-corrected chi connectivity index (χ0v) is 13.0. The van der Waals surface area contributed by atoms with E-state index in [1.807, 2.05) is 24.3 Å². The second-order valence-corrected chi connectivity index (χ2v) is 5.71. The second kappa shape index (κ2) is 7.24. The van der Waals surface area contributed by atoms with Crippen molar-refractivity contribution in [2.75, 3.05) is 23.9 Å². The molecular formula is C15H15ClN2O2S. The number of nitrogen functional groups attached to an aromatic ring is 1. The SMILES string of the molecule is COc1cccc(SCC(=O)Nc2cc(N)ccc2Cl)c1. The van der Waals surface area contributed by atoms with Crippen LogP contribution < -0.4 is 15.8 Å². The van der Waals surface area contributed by atoms with Crippen molar-refractivity contribution in [3.63, 3.8) is 0 Å². The maximum atomic E-state index is 11.9. The third kappa shape index (κ3) is 4.58. The molecule has 1 amide bonds. The second-order valence-electron chi connectivity index (χ2n) is 4.26. The van der Waals surface area contributed by atoms with Crippen LogP contribution in [0.15, 0.2) is 47.4 Å². The van der Waals surface area contributed by atoms with Gasteiger partial charge in [-0.3, -0.25) is 4.79 Å². The Labute approximate surface area is 132 Å². The fraction of sp³-hybridized carbons (Fsp3) is 0.133. The van der Waals surface area contributed by atoms with Crippen molar-refractivity contribution in [1.29, 1.82) is 0 Å². The normalized spacial score (nSPS) is 10.2. The monoisotopic (exact) mass is 322 g/mol. The molecule has 4 nitrogen and oxygen atoms in total. The molecule has 0 unspecified atom stereocenters. The summed E-state index contributed by atoms with van der Waals surface area (Å²) in [6.07, 6.45) is 0. The van der Waals surface area contributed by atoms with E-state index < -0.39 is 0 Å². The maximum Gasteiger partial charge on any atom is 0.234 e. The van der Waals surface area contributed by atoms with Crippen LogP contribution in [0.25, 0.3) is 0 Å². The standard InChI is InChI=1S/C15H15ClN2O2S/c1-20-11-3-2-4-12(8-11)21-9-15(19)18-14-7-10(17)5-6-13(14)16/h2-8H,9,17H2,1H3,(H,18,19).